The Kier molecular flexibility index (Phi) is 5.55. The van der Waals surface area contributed by atoms with Crippen LogP contribution in [0.15, 0.2) is 35.6 Å². The number of aromatic amines is 1. The lowest BCUT2D eigenvalue weighted by molar-refractivity contribution is -0.0497. The molecule has 3 aromatic rings. The molecular formula is C16H15F2N3O4S. The largest absolute Gasteiger partial charge is 0.609 e. The van der Waals surface area contributed by atoms with E-state index in [4.69, 9.17) is 4.74 Å². The number of ether oxygens (including phenoxy) is 2. The smallest absolute Gasteiger partial charge is 0.387 e. The fourth-order valence-electron chi connectivity index (χ4n) is 2.44. The molecule has 0 aliphatic carbocycles. The molecule has 0 radical (unpaired) electrons. The molecule has 0 saturated heterocycles. The van der Waals surface area contributed by atoms with E-state index in [2.05, 4.69) is 19.7 Å². The molecule has 3 rings (SSSR count). The van der Waals surface area contributed by atoms with E-state index in [-0.39, 0.29) is 23.3 Å². The molecule has 138 valence electrons. The van der Waals surface area contributed by atoms with Crippen LogP contribution in [0.2, 0.25) is 0 Å². The van der Waals surface area contributed by atoms with Crippen LogP contribution in [-0.2, 0) is 23.5 Å². The summed E-state index contributed by atoms with van der Waals surface area (Å²) in [4.78, 5) is 11.2. The number of rotatable bonds is 7. The van der Waals surface area contributed by atoms with Gasteiger partial charge in [-0.05, 0) is 18.2 Å². The molecule has 10 heteroatoms. The van der Waals surface area contributed by atoms with Gasteiger partial charge in [0.2, 0.25) is 0 Å². The Morgan fingerprint density at radius 2 is 2.15 bits per heavy atom. The first-order chi connectivity index (χ1) is 12.5. The number of halogens is 2. The highest BCUT2D eigenvalue weighted by Gasteiger charge is 2.21. The number of imidazole rings is 1. The van der Waals surface area contributed by atoms with Crippen LogP contribution in [0.1, 0.15) is 11.3 Å². The van der Waals surface area contributed by atoms with Crippen molar-refractivity contribution in [1.29, 1.82) is 0 Å². The number of hydrogen-bond donors (Lipinski definition) is 2. The number of nitrogens with one attached hydrogen (secondary N) is 1. The predicted molar refractivity (Wildman–Crippen MR) is 89.5 cm³/mol. The van der Waals surface area contributed by atoms with Crippen LogP contribution in [0.5, 0.6) is 11.5 Å². The van der Waals surface area contributed by atoms with Crippen molar-refractivity contribution < 1.29 is 27.9 Å². The molecule has 0 aliphatic heterocycles. The van der Waals surface area contributed by atoms with Crippen LogP contribution < -0.4 is 9.47 Å². The summed E-state index contributed by atoms with van der Waals surface area (Å²) in [6, 6.07) is 5.82. The van der Waals surface area contributed by atoms with Crippen LogP contribution in [-0.4, -0.2) is 38.3 Å². The van der Waals surface area contributed by atoms with Gasteiger partial charge in [-0.2, -0.15) is 13.8 Å². The third-order valence-corrected chi connectivity index (χ3v) is 4.78. The van der Waals surface area contributed by atoms with E-state index in [1.54, 1.807) is 6.07 Å². The fraction of sp³-hybridized carbons (Fsp3) is 0.250. The van der Waals surface area contributed by atoms with Crippen molar-refractivity contribution in [3.8, 4) is 11.5 Å². The summed E-state index contributed by atoms with van der Waals surface area (Å²) in [7, 11) is 1.47. The molecule has 7 nitrogen and oxygen atoms in total. The van der Waals surface area contributed by atoms with Gasteiger partial charge in [0.1, 0.15) is 11.5 Å². The monoisotopic (exact) mass is 383 g/mol. The minimum atomic E-state index is -2.93. The summed E-state index contributed by atoms with van der Waals surface area (Å²) in [6.07, 6.45) is 1.50. The Bertz CT molecular complexity index is 906. The maximum absolute atomic E-state index is 12.6. The van der Waals surface area contributed by atoms with E-state index < -0.39 is 17.8 Å². The summed E-state index contributed by atoms with van der Waals surface area (Å²) in [5.74, 6) is 0.425. The van der Waals surface area contributed by atoms with Crippen molar-refractivity contribution >= 4 is 22.2 Å². The van der Waals surface area contributed by atoms with Gasteiger partial charge in [0.25, 0.3) is 0 Å². The summed E-state index contributed by atoms with van der Waals surface area (Å²) >= 11 is -1.59. The molecule has 26 heavy (non-hydrogen) atoms. The zero-order chi connectivity index (χ0) is 18.7. The third kappa shape index (κ3) is 3.87. The molecule has 0 unspecified atom stereocenters. The van der Waals surface area contributed by atoms with E-state index >= 15 is 0 Å². The lowest BCUT2D eigenvalue weighted by Gasteiger charge is -2.12. The maximum atomic E-state index is 12.6. The quantitative estimate of drug-likeness (QED) is 0.607. The average molecular weight is 383 g/mol. The van der Waals surface area contributed by atoms with Gasteiger partial charge in [0.05, 0.1) is 30.4 Å². The van der Waals surface area contributed by atoms with Gasteiger partial charge in [-0.25, -0.2) is 0 Å². The van der Waals surface area contributed by atoms with Gasteiger partial charge in [0.15, 0.2) is 5.75 Å². The number of benzene rings is 1. The van der Waals surface area contributed by atoms with Crippen molar-refractivity contribution in [2.24, 2.45) is 0 Å². The Hall–Kier alpha value is -2.43. The van der Waals surface area contributed by atoms with Gasteiger partial charge in [-0.1, -0.05) is 0 Å². The lowest BCUT2D eigenvalue weighted by Crippen LogP contribution is -2.11. The number of aromatic nitrogens is 3. The summed E-state index contributed by atoms with van der Waals surface area (Å²) in [6.45, 7) is -3.24. The molecule has 0 amide bonds. The molecule has 0 bridgehead atoms. The molecule has 0 aliphatic rings. The first-order valence-electron chi connectivity index (χ1n) is 7.46. The van der Waals surface area contributed by atoms with E-state index in [0.717, 1.165) is 0 Å². The average Bonchev–Trinajstić information content (AvgIpc) is 3.04. The molecule has 2 heterocycles. The number of hydrogen-bond acceptors (Lipinski definition) is 6. The first kappa shape index (κ1) is 18.4. The molecular weight excluding hydrogens is 368 g/mol. The molecule has 0 saturated carbocycles. The van der Waals surface area contributed by atoms with Crippen LogP contribution in [0.4, 0.5) is 8.78 Å². The zero-order valence-corrected chi connectivity index (χ0v) is 14.4. The molecule has 1 aromatic carbocycles. The second kappa shape index (κ2) is 7.85. The third-order valence-electron chi connectivity index (χ3n) is 3.62. The van der Waals surface area contributed by atoms with Gasteiger partial charge >= 0.3 is 11.8 Å². The van der Waals surface area contributed by atoms with Gasteiger partial charge in [-0.15, -0.1) is 0 Å². The minimum absolute atomic E-state index is 0.00725. The molecule has 2 N–H and O–H groups in total. The number of aliphatic hydroxyl groups is 1. The second-order valence-corrected chi connectivity index (χ2v) is 6.55. The van der Waals surface area contributed by atoms with Crippen molar-refractivity contribution in [3.05, 3.63) is 41.7 Å². The molecule has 2 aromatic heterocycles. The highest BCUT2D eigenvalue weighted by atomic mass is 32.2. The molecule has 0 spiro atoms. The van der Waals surface area contributed by atoms with Crippen LogP contribution in [0, 0.1) is 0 Å². The zero-order valence-electron chi connectivity index (χ0n) is 13.6. The first-order valence-corrected chi connectivity index (χ1v) is 8.78. The minimum Gasteiger partial charge on any atom is -0.609 e. The van der Waals surface area contributed by atoms with Crippen LogP contribution >= 0.6 is 0 Å². The van der Waals surface area contributed by atoms with Gasteiger partial charge < -0.3 is 19.1 Å². The highest BCUT2D eigenvalue weighted by molar-refractivity contribution is 7.90. The lowest BCUT2D eigenvalue weighted by atomic mass is 10.2. The number of alkyl halides is 2. The van der Waals surface area contributed by atoms with Crippen LogP contribution in [0.25, 0.3) is 11.0 Å². The number of pyridine rings is 1. The van der Waals surface area contributed by atoms with E-state index in [1.165, 1.54) is 31.5 Å². The van der Waals surface area contributed by atoms with Crippen LogP contribution in [0.3, 0.4) is 0 Å². The number of H-pyrrole nitrogens is 1. The number of aliphatic hydroxyl groups excluding tert-OH is 1. The predicted octanol–water partition coefficient (Wildman–Crippen LogP) is 2.37. The Balaban J connectivity index is 1.85. The number of nitrogens with zero attached hydrogens (tertiary/aromatic N) is 2. The van der Waals surface area contributed by atoms with E-state index in [0.29, 0.717) is 28.0 Å². The topological polar surface area (TPSA) is 103 Å². The fourth-order valence-corrected chi connectivity index (χ4v) is 3.50. The Morgan fingerprint density at radius 3 is 2.85 bits per heavy atom. The van der Waals surface area contributed by atoms with Crippen molar-refractivity contribution in [2.45, 2.75) is 24.1 Å². The van der Waals surface area contributed by atoms with Crippen molar-refractivity contribution in [2.75, 3.05) is 7.11 Å². The van der Waals surface area contributed by atoms with Crippen molar-refractivity contribution in [1.82, 2.24) is 15.0 Å². The standard InChI is InChI=1S/C16H15F2N3O4S/c1-24-14-4-5-19-13(10(14)7-22)8-26(23)16-20-11-3-2-9(25-15(17)18)6-12(11)21-16/h2-6,15,22H,7-8H2,1H3,(H,20,21)/t26-/m1/s1. The van der Waals surface area contributed by atoms with Crippen molar-refractivity contribution in [3.63, 3.8) is 0 Å². The second-order valence-electron chi connectivity index (χ2n) is 5.19. The summed E-state index contributed by atoms with van der Waals surface area (Å²) < 4.78 is 46.7. The van der Waals surface area contributed by atoms with E-state index in [1.807, 2.05) is 0 Å². The Morgan fingerprint density at radius 1 is 1.35 bits per heavy atom. The number of fused-ring (bicyclic) bond motifs is 1. The normalized spacial score (nSPS) is 12.5. The summed E-state index contributed by atoms with van der Waals surface area (Å²) in [5, 5.41) is 9.68. The Labute approximate surface area is 150 Å². The molecule has 0 fully saturated rings. The summed E-state index contributed by atoms with van der Waals surface area (Å²) in [5.41, 5.74) is 1.77. The highest BCUT2D eigenvalue weighted by Crippen LogP contribution is 2.26. The number of methoxy groups -OCH3 is 1. The van der Waals surface area contributed by atoms with Gasteiger partial charge in [-0.3, -0.25) is 9.97 Å². The molecule has 1 atom stereocenters. The van der Waals surface area contributed by atoms with Gasteiger partial charge in [0, 0.05) is 29.0 Å². The van der Waals surface area contributed by atoms with E-state index in [9.17, 15) is 18.4 Å². The maximum Gasteiger partial charge on any atom is 0.387 e. The SMILES string of the molecule is COc1ccnc(C[S@@+]([O-])c2nc3cc(OC(F)F)ccc3[nH]2)c1CO.